The molecule has 1 fully saturated rings. The summed E-state index contributed by atoms with van der Waals surface area (Å²) in [6.07, 6.45) is -4.28. The van der Waals surface area contributed by atoms with Crippen LogP contribution in [0.25, 0.3) is 0 Å². The molecule has 1 aromatic rings. The van der Waals surface area contributed by atoms with Crippen molar-refractivity contribution in [1.82, 2.24) is 0 Å². The van der Waals surface area contributed by atoms with Crippen LogP contribution in [0.15, 0.2) is 24.3 Å². The average Bonchev–Trinajstić information content (AvgIpc) is 2.50. The smallest absolute Gasteiger partial charge is 0.229 e. The molecule has 1 aliphatic rings. The summed E-state index contributed by atoms with van der Waals surface area (Å²) >= 11 is 0. The maximum absolute atomic E-state index is 9.88. The first kappa shape index (κ1) is 16.2. The average molecular weight is 298 g/mol. The molecule has 2 rings (SSSR count). The predicted molar refractivity (Wildman–Crippen MR) is 74.8 cm³/mol. The van der Waals surface area contributed by atoms with E-state index in [0.29, 0.717) is 5.75 Å². The van der Waals surface area contributed by atoms with Crippen molar-refractivity contribution in [3.8, 4) is 5.75 Å². The second-order valence-electron chi connectivity index (χ2n) is 5.21. The molecule has 5 atom stereocenters. The Morgan fingerprint density at radius 3 is 2.29 bits per heavy atom. The van der Waals surface area contributed by atoms with Crippen LogP contribution in [-0.4, -0.2) is 57.7 Å². The van der Waals surface area contributed by atoms with E-state index in [1.54, 1.807) is 12.1 Å². The highest BCUT2D eigenvalue weighted by Gasteiger charge is 2.44. The van der Waals surface area contributed by atoms with Crippen molar-refractivity contribution in [3.05, 3.63) is 29.8 Å². The number of hydrogen-bond acceptors (Lipinski definition) is 6. The highest BCUT2D eigenvalue weighted by atomic mass is 16.7. The standard InChI is InChI=1S/C15H22O6/c1-2-3-9-4-6-10(7-5-9)20-15-14(19)13(18)12(17)11(8-16)21-15/h4-7,11-19H,2-3,8H2,1H3/t11-,12-,13+,14-,15-/m0/s1. The molecule has 0 radical (unpaired) electrons. The summed E-state index contributed by atoms with van der Waals surface area (Å²) in [5.41, 5.74) is 1.18. The Morgan fingerprint density at radius 2 is 1.71 bits per heavy atom. The number of aliphatic hydroxyl groups is 4. The van der Waals surface area contributed by atoms with Crippen LogP contribution in [-0.2, 0) is 11.2 Å². The van der Waals surface area contributed by atoms with Gasteiger partial charge in [0.2, 0.25) is 6.29 Å². The fraction of sp³-hybridized carbons (Fsp3) is 0.600. The topological polar surface area (TPSA) is 99.4 Å². The summed E-state index contributed by atoms with van der Waals surface area (Å²) in [6.45, 7) is 1.62. The fourth-order valence-corrected chi connectivity index (χ4v) is 2.32. The first-order valence-electron chi connectivity index (χ1n) is 7.13. The summed E-state index contributed by atoms with van der Waals surface area (Å²) in [7, 11) is 0. The molecule has 6 heteroatoms. The van der Waals surface area contributed by atoms with E-state index in [2.05, 4.69) is 6.92 Å². The third-order valence-corrected chi connectivity index (χ3v) is 3.56. The molecule has 0 saturated carbocycles. The summed E-state index contributed by atoms with van der Waals surface area (Å²) in [4.78, 5) is 0. The van der Waals surface area contributed by atoms with Gasteiger partial charge in [0.15, 0.2) is 0 Å². The zero-order valence-electron chi connectivity index (χ0n) is 11.9. The molecule has 0 unspecified atom stereocenters. The quantitative estimate of drug-likeness (QED) is 0.602. The maximum atomic E-state index is 9.88. The molecule has 0 spiro atoms. The molecule has 118 valence electrons. The van der Waals surface area contributed by atoms with Gasteiger partial charge in [-0.1, -0.05) is 25.5 Å². The molecule has 1 saturated heterocycles. The monoisotopic (exact) mass is 298 g/mol. The molecule has 0 aliphatic carbocycles. The highest BCUT2D eigenvalue weighted by molar-refractivity contribution is 5.27. The van der Waals surface area contributed by atoms with Crippen molar-refractivity contribution in [2.75, 3.05) is 6.61 Å². The van der Waals surface area contributed by atoms with E-state index < -0.39 is 37.3 Å². The van der Waals surface area contributed by atoms with Gasteiger partial charge in [-0.2, -0.15) is 0 Å². The first-order valence-corrected chi connectivity index (χ1v) is 7.13. The molecule has 1 aromatic carbocycles. The van der Waals surface area contributed by atoms with Gasteiger partial charge in [-0.15, -0.1) is 0 Å². The van der Waals surface area contributed by atoms with Crippen LogP contribution in [0.5, 0.6) is 5.75 Å². The number of aryl methyl sites for hydroxylation is 1. The van der Waals surface area contributed by atoms with Gasteiger partial charge in [0.1, 0.15) is 30.2 Å². The van der Waals surface area contributed by atoms with E-state index in [1.807, 2.05) is 12.1 Å². The second kappa shape index (κ2) is 7.20. The zero-order valence-corrected chi connectivity index (χ0v) is 11.9. The van der Waals surface area contributed by atoms with E-state index in [-0.39, 0.29) is 0 Å². The van der Waals surface area contributed by atoms with Gasteiger partial charge in [-0.3, -0.25) is 0 Å². The van der Waals surface area contributed by atoms with Crippen LogP contribution in [0.2, 0.25) is 0 Å². The van der Waals surface area contributed by atoms with Crippen LogP contribution in [0, 0.1) is 0 Å². The summed E-state index contributed by atoms with van der Waals surface area (Å²) in [6, 6.07) is 7.35. The molecule has 0 bridgehead atoms. The van der Waals surface area contributed by atoms with Gasteiger partial charge in [-0.05, 0) is 24.1 Å². The number of hydrogen-bond donors (Lipinski definition) is 4. The van der Waals surface area contributed by atoms with Crippen LogP contribution >= 0.6 is 0 Å². The van der Waals surface area contributed by atoms with Crippen LogP contribution in [0.1, 0.15) is 18.9 Å². The third kappa shape index (κ3) is 3.72. The number of rotatable bonds is 5. The van der Waals surface area contributed by atoms with E-state index in [0.717, 1.165) is 12.8 Å². The van der Waals surface area contributed by atoms with Crippen LogP contribution < -0.4 is 4.74 Å². The summed E-state index contributed by atoms with van der Waals surface area (Å²) < 4.78 is 10.8. The third-order valence-electron chi connectivity index (χ3n) is 3.56. The maximum Gasteiger partial charge on any atom is 0.229 e. The van der Waals surface area contributed by atoms with E-state index in [4.69, 9.17) is 14.6 Å². The number of benzene rings is 1. The Bertz CT molecular complexity index is 432. The van der Waals surface area contributed by atoms with E-state index in [1.165, 1.54) is 5.56 Å². The predicted octanol–water partition coefficient (Wildman–Crippen LogP) is -0.182. The molecular formula is C15H22O6. The molecule has 1 aliphatic heterocycles. The lowest BCUT2D eigenvalue weighted by atomic mass is 9.99. The Hall–Kier alpha value is -1.18. The SMILES string of the molecule is CCCc1ccc(O[C@H]2O[C@@H](CO)[C@H](O)[C@@H](O)[C@@H]2O)cc1. The molecule has 1 heterocycles. The van der Waals surface area contributed by atoms with Crippen LogP contribution in [0.3, 0.4) is 0 Å². The Balaban J connectivity index is 2.03. The molecule has 0 amide bonds. The summed E-state index contributed by atoms with van der Waals surface area (Å²) in [5, 5.41) is 38.4. The minimum Gasteiger partial charge on any atom is -0.462 e. The lowest BCUT2D eigenvalue weighted by Gasteiger charge is -2.39. The van der Waals surface area contributed by atoms with Gasteiger partial charge >= 0.3 is 0 Å². The van der Waals surface area contributed by atoms with Crippen molar-refractivity contribution in [2.45, 2.75) is 50.5 Å². The van der Waals surface area contributed by atoms with Gasteiger partial charge < -0.3 is 29.9 Å². The Labute approximate surface area is 123 Å². The van der Waals surface area contributed by atoms with Gasteiger partial charge in [0.25, 0.3) is 0 Å². The second-order valence-corrected chi connectivity index (χ2v) is 5.21. The van der Waals surface area contributed by atoms with Gasteiger partial charge in [0.05, 0.1) is 6.61 Å². The van der Waals surface area contributed by atoms with Crippen molar-refractivity contribution in [1.29, 1.82) is 0 Å². The molecular weight excluding hydrogens is 276 g/mol. The fourth-order valence-electron chi connectivity index (χ4n) is 2.32. The lowest BCUT2D eigenvalue weighted by Crippen LogP contribution is -2.60. The zero-order chi connectivity index (χ0) is 15.4. The van der Waals surface area contributed by atoms with Crippen molar-refractivity contribution in [2.24, 2.45) is 0 Å². The van der Waals surface area contributed by atoms with Gasteiger partial charge in [-0.25, -0.2) is 0 Å². The Morgan fingerprint density at radius 1 is 1.05 bits per heavy atom. The van der Waals surface area contributed by atoms with Crippen molar-refractivity contribution in [3.63, 3.8) is 0 Å². The van der Waals surface area contributed by atoms with Gasteiger partial charge in [0, 0.05) is 0 Å². The minimum atomic E-state index is -1.43. The molecule has 0 aromatic heterocycles. The highest BCUT2D eigenvalue weighted by Crippen LogP contribution is 2.24. The number of aliphatic hydroxyl groups excluding tert-OH is 4. The van der Waals surface area contributed by atoms with Crippen LogP contribution in [0.4, 0.5) is 0 Å². The first-order chi connectivity index (χ1) is 10.1. The molecule has 6 nitrogen and oxygen atoms in total. The van der Waals surface area contributed by atoms with Crippen molar-refractivity contribution >= 4 is 0 Å². The normalized spacial score (nSPS) is 32.9. The van der Waals surface area contributed by atoms with Crippen molar-refractivity contribution < 1.29 is 29.9 Å². The number of ether oxygens (including phenoxy) is 2. The lowest BCUT2D eigenvalue weighted by molar-refractivity contribution is -0.277. The van der Waals surface area contributed by atoms with E-state index in [9.17, 15) is 15.3 Å². The van der Waals surface area contributed by atoms with E-state index >= 15 is 0 Å². The minimum absolute atomic E-state index is 0.472. The largest absolute Gasteiger partial charge is 0.462 e. The molecule has 21 heavy (non-hydrogen) atoms. The summed E-state index contributed by atoms with van der Waals surface area (Å²) in [5.74, 6) is 0.485. The molecule has 4 N–H and O–H groups in total. The Kier molecular flexibility index (Phi) is 5.55.